The van der Waals surface area contributed by atoms with Crippen molar-refractivity contribution in [3.05, 3.63) is 63.5 Å². The number of esters is 1. The van der Waals surface area contributed by atoms with Crippen LogP contribution in [0, 0.1) is 0 Å². The third-order valence-corrected chi connectivity index (χ3v) is 5.75. The Kier molecular flexibility index (Phi) is 4.18. The molecule has 0 saturated heterocycles. The molecule has 2 aliphatic heterocycles. The van der Waals surface area contributed by atoms with Crippen molar-refractivity contribution in [3.8, 4) is 17.2 Å². The number of ketones is 1. The summed E-state index contributed by atoms with van der Waals surface area (Å²) in [5, 5.41) is 0.347. The van der Waals surface area contributed by atoms with E-state index in [0.29, 0.717) is 39.2 Å². The number of carbonyl (C=O) groups excluding carboxylic acids is 2. The van der Waals surface area contributed by atoms with Gasteiger partial charge in [-0.05, 0) is 44.2 Å². The van der Waals surface area contributed by atoms with Crippen LogP contribution in [0.25, 0.3) is 11.0 Å². The summed E-state index contributed by atoms with van der Waals surface area (Å²) >= 11 is 0. The Labute approximate surface area is 177 Å². The first-order chi connectivity index (χ1) is 14.8. The molecule has 0 saturated carbocycles. The van der Waals surface area contributed by atoms with Crippen molar-refractivity contribution in [2.24, 2.45) is 0 Å². The molecule has 0 amide bonds. The highest BCUT2D eigenvalue weighted by Crippen LogP contribution is 2.48. The smallest absolute Gasteiger partial charge is 0.312 e. The minimum atomic E-state index is -0.716. The molecule has 0 fully saturated rings. The highest BCUT2D eigenvalue weighted by molar-refractivity contribution is 6.01. The zero-order valence-electron chi connectivity index (χ0n) is 17.3. The molecule has 3 aromatic rings. The third kappa shape index (κ3) is 3.08. The summed E-state index contributed by atoms with van der Waals surface area (Å²) in [6.45, 7) is 3.65. The standard InChI is InChI=1S/C24H20O7/c1-24(2)10-17(25)13-5-7-19-21(23(13)31-24)14(9-20(26)30-19)16-11-29-18-6-4-12(28-3)8-15(18)22(16)27/h4-8,11,14H,9-10H2,1-3H3/t14-/m1/s1. The highest BCUT2D eigenvalue weighted by atomic mass is 16.5. The van der Waals surface area contributed by atoms with E-state index in [-0.39, 0.29) is 29.8 Å². The van der Waals surface area contributed by atoms with Gasteiger partial charge in [0.2, 0.25) is 0 Å². The average molecular weight is 420 g/mol. The Morgan fingerprint density at radius 1 is 1.10 bits per heavy atom. The maximum absolute atomic E-state index is 13.4. The summed E-state index contributed by atoms with van der Waals surface area (Å²) < 4.78 is 22.6. The SMILES string of the molecule is COc1ccc2occ([C@H]3CC(=O)Oc4ccc5c(c43)OC(C)(C)CC5=O)c(=O)c2c1. The minimum Gasteiger partial charge on any atom is -0.497 e. The number of benzene rings is 2. The van der Waals surface area contributed by atoms with E-state index in [0.717, 1.165) is 0 Å². The Hall–Kier alpha value is -3.61. The van der Waals surface area contributed by atoms with Crippen LogP contribution in [0.1, 0.15) is 54.1 Å². The normalized spacial score (nSPS) is 19.3. The molecule has 0 radical (unpaired) electrons. The van der Waals surface area contributed by atoms with Crippen molar-refractivity contribution in [1.29, 1.82) is 0 Å². The van der Waals surface area contributed by atoms with E-state index in [4.69, 9.17) is 18.6 Å². The molecule has 0 aliphatic carbocycles. The molecule has 158 valence electrons. The lowest BCUT2D eigenvalue weighted by atomic mass is 9.82. The van der Waals surface area contributed by atoms with Gasteiger partial charge in [-0.15, -0.1) is 0 Å². The van der Waals surface area contributed by atoms with E-state index in [1.165, 1.54) is 13.4 Å². The molecule has 2 aromatic carbocycles. The molecule has 0 N–H and O–H groups in total. The monoisotopic (exact) mass is 420 g/mol. The van der Waals surface area contributed by atoms with Crippen LogP contribution in [0.15, 0.2) is 45.8 Å². The highest BCUT2D eigenvalue weighted by Gasteiger charge is 2.40. The van der Waals surface area contributed by atoms with Crippen LogP contribution in [-0.4, -0.2) is 24.5 Å². The van der Waals surface area contributed by atoms with Crippen molar-refractivity contribution in [1.82, 2.24) is 0 Å². The topological polar surface area (TPSA) is 92.0 Å². The first kappa shape index (κ1) is 19.4. The van der Waals surface area contributed by atoms with Gasteiger partial charge in [0, 0.05) is 17.0 Å². The lowest BCUT2D eigenvalue weighted by molar-refractivity contribution is -0.135. The lowest BCUT2D eigenvalue weighted by Crippen LogP contribution is -2.37. The fourth-order valence-corrected chi connectivity index (χ4v) is 4.32. The predicted molar refractivity (Wildman–Crippen MR) is 111 cm³/mol. The van der Waals surface area contributed by atoms with Gasteiger partial charge in [-0.3, -0.25) is 14.4 Å². The van der Waals surface area contributed by atoms with E-state index in [1.807, 2.05) is 13.8 Å². The van der Waals surface area contributed by atoms with Gasteiger partial charge in [0.05, 0.1) is 37.2 Å². The largest absolute Gasteiger partial charge is 0.497 e. The van der Waals surface area contributed by atoms with Gasteiger partial charge >= 0.3 is 5.97 Å². The fourth-order valence-electron chi connectivity index (χ4n) is 4.32. The molecule has 0 unspecified atom stereocenters. The molecule has 1 atom stereocenters. The number of ether oxygens (including phenoxy) is 3. The van der Waals surface area contributed by atoms with Gasteiger partial charge in [0.15, 0.2) is 11.2 Å². The number of hydrogen-bond donors (Lipinski definition) is 0. The molecule has 31 heavy (non-hydrogen) atoms. The van der Waals surface area contributed by atoms with Crippen LogP contribution in [0.4, 0.5) is 0 Å². The maximum Gasteiger partial charge on any atom is 0.312 e. The van der Waals surface area contributed by atoms with Crippen molar-refractivity contribution >= 4 is 22.7 Å². The number of carbonyl (C=O) groups is 2. The number of Topliss-reactive ketones (excluding diaryl/α,β-unsaturated/α-hetero) is 1. The van der Waals surface area contributed by atoms with Gasteiger partial charge in [0.1, 0.15) is 28.4 Å². The number of hydrogen-bond acceptors (Lipinski definition) is 7. The van der Waals surface area contributed by atoms with Gasteiger partial charge in [-0.1, -0.05) is 0 Å². The lowest BCUT2D eigenvalue weighted by Gasteiger charge is -2.36. The van der Waals surface area contributed by atoms with E-state index in [1.54, 1.807) is 30.3 Å². The maximum atomic E-state index is 13.4. The summed E-state index contributed by atoms with van der Waals surface area (Å²) in [4.78, 5) is 38.5. The number of rotatable bonds is 2. The van der Waals surface area contributed by atoms with E-state index < -0.39 is 17.5 Å². The molecule has 0 spiro atoms. The Morgan fingerprint density at radius 3 is 2.68 bits per heavy atom. The Morgan fingerprint density at radius 2 is 1.90 bits per heavy atom. The molecule has 3 heterocycles. The molecule has 7 nitrogen and oxygen atoms in total. The predicted octanol–water partition coefficient (Wildman–Crippen LogP) is 3.99. The van der Waals surface area contributed by atoms with Gasteiger partial charge < -0.3 is 18.6 Å². The number of fused-ring (bicyclic) bond motifs is 4. The van der Waals surface area contributed by atoms with Crippen molar-refractivity contribution < 1.29 is 28.2 Å². The van der Waals surface area contributed by atoms with Crippen LogP contribution in [0.3, 0.4) is 0 Å². The van der Waals surface area contributed by atoms with E-state index in [9.17, 15) is 14.4 Å². The zero-order chi connectivity index (χ0) is 21.9. The molecular formula is C24H20O7. The van der Waals surface area contributed by atoms with Crippen molar-refractivity contribution in [2.45, 2.75) is 38.2 Å². The second kappa shape index (κ2) is 6.70. The van der Waals surface area contributed by atoms with Gasteiger partial charge in [-0.2, -0.15) is 0 Å². The van der Waals surface area contributed by atoms with Crippen molar-refractivity contribution in [2.75, 3.05) is 7.11 Å². The van der Waals surface area contributed by atoms with Crippen LogP contribution in [-0.2, 0) is 4.79 Å². The average Bonchev–Trinajstić information content (AvgIpc) is 2.72. The fraction of sp³-hybridized carbons (Fsp3) is 0.292. The first-order valence-electron chi connectivity index (χ1n) is 9.96. The van der Waals surface area contributed by atoms with Crippen LogP contribution < -0.4 is 19.6 Å². The van der Waals surface area contributed by atoms with Crippen molar-refractivity contribution in [3.63, 3.8) is 0 Å². The van der Waals surface area contributed by atoms with Crippen LogP contribution >= 0.6 is 0 Å². The van der Waals surface area contributed by atoms with Crippen LogP contribution in [0.5, 0.6) is 17.2 Å². The summed E-state index contributed by atoms with van der Waals surface area (Å²) in [7, 11) is 1.52. The molecule has 5 rings (SSSR count). The molecule has 1 aromatic heterocycles. The summed E-state index contributed by atoms with van der Waals surface area (Å²) in [5.41, 5.74) is 0.667. The molecule has 7 heteroatoms. The zero-order valence-corrected chi connectivity index (χ0v) is 17.3. The van der Waals surface area contributed by atoms with Crippen LogP contribution in [0.2, 0.25) is 0 Å². The first-order valence-corrected chi connectivity index (χ1v) is 9.96. The minimum absolute atomic E-state index is 0.0556. The number of methoxy groups -OCH3 is 1. The second-order valence-corrected chi connectivity index (χ2v) is 8.43. The summed E-state index contributed by atoms with van der Waals surface area (Å²) in [5.74, 6) is -0.0193. The Bertz CT molecular complexity index is 1320. The molecular weight excluding hydrogens is 400 g/mol. The quantitative estimate of drug-likeness (QED) is 0.457. The molecule has 0 bridgehead atoms. The van der Waals surface area contributed by atoms with Gasteiger partial charge in [0.25, 0.3) is 0 Å². The second-order valence-electron chi connectivity index (χ2n) is 8.43. The van der Waals surface area contributed by atoms with E-state index >= 15 is 0 Å². The van der Waals surface area contributed by atoms with E-state index in [2.05, 4.69) is 0 Å². The summed E-state index contributed by atoms with van der Waals surface area (Å²) in [6.07, 6.45) is 1.54. The summed E-state index contributed by atoms with van der Waals surface area (Å²) in [6, 6.07) is 8.17. The third-order valence-electron chi connectivity index (χ3n) is 5.75. The Balaban J connectivity index is 1.75. The molecule has 2 aliphatic rings. The van der Waals surface area contributed by atoms with Gasteiger partial charge in [-0.25, -0.2) is 0 Å².